The predicted octanol–water partition coefficient (Wildman–Crippen LogP) is 3.72. The molecule has 2 heterocycles. The van der Waals surface area contributed by atoms with Crippen molar-refractivity contribution in [2.75, 3.05) is 39.9 Å². The van der Waals surface area contributed by atoms with Gasteiger partial charge in [0, 0.05) is 45.0 Å². The Hall–Kier alpha value is -3.55. The van der Waals surface area contributed by atoms with Crippen LogP contribution in [0.4, 0.5) is 0 Å². The van der Waals surface area contributed by atoms with Gasteiger partial charge in [-0.2, -0.15) is 0 Å². The monoisotopic (exact) mass is 480 g/mol. The highest BCUT2D eigenvalue weighted by atomic mass is 16.6. The van der Waals surface area contributed by atoms with Gasteiger partial charge in [-0.25, -0.2) is 0 Å². The Morgan fingerprint density at radius 1 is 1.14 bits per heavy atom. The highest BCUT2D eigenvalue weighted by Crippen LogP contribution is 2.18. The SMILES string of the molecule is CC/C(=N/OC/C=C/c1ccccc1)c1cc(OCC(=O)N(C)CC(=O)N2CCCCC2)n(C)c1. The molecule has 0 aliphatic carbocycles. The smallest absolute Gasteiger partial charge is 0.260 e. The number of oxime groups is 1. The van der Waals surface area contributed by atoms with Crippen molar-refractivity contribution in [3.05, 3.63) is 59.8 Å². The van der Waals surface area contributed by atoms with Crippen LogP contribution in [0.5, 0.6) is 5.88 Å². The van der Waals surface area contributed by atoms with Crippen molar-refractivity contribution >= 4 is 23.6 Å². The maximum atomic E-state index is 12.5. The minimum atomic E-state index is -0.240. The Balaban J connectivity index is 1.48. The van der Waals surface area contributed by atoms with Crippen molar-refractivity contribution < 1.29 is 19.2 Å². The third-order valence-corrected chi connectivity index (χ3v) is 5.93. The van der Waals surface area contributed by atoms with Gasteiger partial charge in [-0.05, 0) is 37.3 Å². The van der Waals surface area contributed by atoms with Gasteiger partial charge in [0.25, 0.3) is 5.91 Å². The minimum Gasteiger partial charge on any atom is -0.469 e. The maximum absolute atomic E-state index is 12.5. The summed E-state index contributed by atoms with van der Waals surface area (Å²) in [5.74, 6) is 0.300. The van der Waals surface area contributed by atoms with Crippen LogP contribution in [-0.4, -0.2) is 71.8 Å². The highest BCUT2D eigenvalue weighted by Gasteiger charge is 2.20. The zero-order valence-corrected chi connectivity index (χ0v) is 21.0. The number of nitrogens with zero attached hydrogens (tertiary/aromatic N) is 4. The summed E-state index contributed by atoms with van der Waals surface area (Å²) < 4.78 is 7.56. The molecule has 35 heavy (non-hydrogen) atoms. The zero-order chi connectivity index (χ0) is 25.0. The van der Waals surface area contributed by atoms with Gasteiger partial charge in [-0.15, -0.1) is 0 Å². The third-order valence-electron chi connectivity index (χ3n) is 5.93. The second kappa shape index (κ2) is 13.4. The van der Waals surface area contributed by atoms with E-state index in [4.69, 9.17) is 9.57 Å². The summed E-state index contributed by atoms with van der Waals surface area (Å²) in [4.78, 5) is 33.7. The molecule has 8 heteroatoms. The van der Waals surface area contributed by atoms with Crippen LogP contribution in [-0.2, 0) is 21.5 Å². The Labute approximate surface area is 207 Å². The molecular formula is C27H36N4O4. The van der Waals surface area contributed by atoms with Crippen LogP contribution >= 0.6 is 0 Å². The standard InChI is InChI=1S/C27H36N4O4/c1-4-24(28-35-17-11-14-22-12-7-5-8-13-22)23-18-27(30(3)19-23)34-21-26(33)29(2)20-25(32)31-15-9-6-10-16-31/h5,7-8,11-14,18-19H,4,6,9-10,15-17,20-21H2,1-3H3/b14-11+,28-24-. The molecule has 2 aromatic rings. The fraction of sp³-hybridized carbons (Fsp3) is 0.444. The first-order valence-electron chi connectivity index (χ1n) is 12.2. The van der Waals surface area contributed by atoms with Gasteiger partial charge in [0.05, 0.1) is 12.3 Å². The number of aromatic nitrogens is 1. The lowest BCUT2D eigenvalue weighted by Gasteiger charge is -2.28. The van der Waals surface area contributed by atoms with E-state index in [1.807, 2.05) is 78.2 Å². The number of amides is 2. The molecule has 1 aliphatic heterocycles. The van der Waals surface area contributed by atoms with E-state index in [1.54, 1.807) is 7.05 Å². The molecule has 1 aromatic carbocycles. The molecule has 3 rings (SSSR count). The Kier molecular flexibility index (Phi) is 9.95. The molecule has 1 aliphatic rings. The molecule has 0 atom stereocenters. The third kappa shape index (κ3) is 8.02. The number of piperidine rings is 1. The summed E-state index contributed by atoms with van der Waals surface area (Å²) in [6.07, 6.45) is 9.71. The summed E-state index contributed by atoms with van der Waals surface area (Å²) in [6, 6.07) is 11.9. The summed E-state index contributed by atoms with van der Waals surface area (Å²) in [6.45, 7) is 3.86. The van der Waals surface area contributed by atoms with Crippen molar-refractivity contribution in [3.8, 4) is 5.88 Å². The van der Waals surface area contributed by atoms with Crippen LogP contribution < -0.4 is 4.74 Å². The van der Waals surface area contributed by atoms with Crippen LogP contribution in [0.1, 0.15) is 43.7 Å². The first kappa shape index (κ1) is 26.1. The van der Waals surface area contributed by atoms with Crippen LogP contribution in [0.25, 0.3) is 6.08 Å². The van der Waals surface area contributed by atoms with Gasteiger partial charge in [0.15, 0.2) is 12.5 Å². The van der Waals surface area contributed by atoms with E-state index in [0.29, 0.717) is 18.9 Å². The van der Waals surface area contributed by atoms with Crippen molar-refractivity contribution in [2.24, 2.45) is 12.2 Å². The molecule has 0 radical (unpaired) electrons. The lowest BCUT2D eigenvalue weighted by atomic mass is 10.1. The van der Waals surface area contributed by atoms with Crippen molar-refractivity contribution in [2.45, 2.75) is 32.6 Å². The number of hydrogen-bond donors (Lipinski definition) is 0. The van der Waals surface area contributed by atoms with E-state index in [9.17, 15) is 9.59 Å². The number of rotatable bonds is 11. The van der Waals surface area contributed by atoms with E-state index >= 15 is 0 Å². The summed E-state index contributed by atoms with van der Waals surface area (Å²) in [7, 11) is 3.49. The molecule has 0 bridgehead atoms. The van der Waals surface area contributed by atoms with E-state index in [0.717, 1.165) is 49.2 Å². The van der Waals surface area contributed by atoms with Crippen LogP contribution in [0.15, 0.2) is 53.8 Å². The molecular weight excluding hydrogens is 444 g/mol. The molecule has 8 nitrogen and oxygen atoms in total. The Morgan fingerprint density at radius 2 is 1.89 bits per heavy atom. The molecule has 1 aromatic heterocycles. The van der Waals surface area contributed by atoms with Crippen LogP contribution in [0, 0.1) is 0 Å². The number of likely N-dealkylation sites (tertiary alicyclic amines) is 1. The lowest BCUT2D eigenvalue weighted by Crippen LogP contribution is -2.44. The van der Waals surface area contributed by atoms with Crippen LogP contribution in [0.2, 0.25) is 0 Å². The molecule has 0 saturated carbocycles. The van der Waals surface area contributed by atoms with Gasteiger partial charge in [0.1, 0.15) is 6.61 Å². The Bertz CT molecular complexity index is 1020. The molecule has 0 spiro atoms. The summed E-state index contributed by atoms with van der Waals surface area (Å²) in [5, 5.41) is 4.28. The highest BCUT2D eigenvalue weighted by molar-refractivity contribution is 6.00. The normalized spacial score (nSPS) is 14.3. The average Bonchev–Trinajstić information content (AvgIpc) is 3.25. The van der Waals surface area contributed by atoms with Crippen molar-refractivity contribution in [1.29, 1.82) is 0 Å². The number of ether oxygens (including phenoxy) is 1. The average molecular weight is 481 g/mol. The van der Waals surface area contributed by atoms with Gasteiger partial charge < -0.3 is 23.9 Å². The molecule has 1 fully saturated rings. The summed E-state index contributed by atoms with van der Waals surface area (Å²) in [5.41, 5.74) is 2.77. The van der Waals surface area contributed by atoms with E-state index in [1.165, 1.54) is 4.90 Å². The van der Waals surface area contributed by atoms with Gasteiger partial charge >= 0.3 is 0 Å². The lowest BCUT2D eigenvalue weighted by molar-refractivity contribution is -0.141. The van der Waals surface area contributed by atoms with E-state index in [-0.39, 0.29) is 25.0 Å². The molecule has 2 amide bonds. The van der Waals surface area contributed by atoms with Crippen LogP contribution in [0.3, 0.4) is 0 Å². The molecule has 0 unspecified atom stereocenters. The van der Waals surface area contributed by atoms with E-state index in [2.05, 4.69) is 5.16 Å². The fourth-order valence-corrected chi connectivity index (χ4v) is 3.85. The second-order valence-corrected chi connectivity index (χ2v) is 8.66. The number of likely N-dealkylation sites (N-methyl/N-ethyl adjacent to an activating group) is 1. The van der Waals surface area contributed by atoms with E-state index < -0.39 is 0 Å². The topological polar surface area (TPSA) is 76.4 Å². The predicted molar refractivity (Wildman–Crippen MR) is 137 cm³/mol. The van der Waals surface area contributed by atoms with Gasteiger partial charge in [0.2, 0.25) is 5.91 Å². The zero-order valence-electron chi connectivity index (χ0n) is 21.0. The number of benzene rings is 1. The van der Waals surface area contributed by atoms with Crippen molar-refractivity contribution in [3.63, 3.8) is 0 Å². The van der Waals surface area contributed by atoms with Gasteiger partial charge in [-0.1, -0.05) is 48.5 Å². The molecule has 0 N–H and O–H groups in total. The quantitative estimate of drug-likeness (QED) is 0.279. The summed E-state index contributed by atoms with van der Waals surface area (Å²) >= 11 is 0. The maximum Gasteiger partial charge on any atom is 0.260 e. The first-order chi connectivity index (χ1) is 17.0. The number of carbonyl (C=O) groups excluding carboxylic acids is 2. The number of hydrogen-bond acceptors (Lipinski definition) is 5. The molecule has 1 saturated heterocycles. The molecule has 188 valence electrons. The largest absolute Gasteiger partial charge is 0.469 e. The fourth-order valence-electron chi connectivity index (χ4n) is 3.85. The van der Waals surface area contributed by atoms with Gasteiger partial charge in [-0.3, -0.25) is 9.59 Å². The number of aryl methyl sites for hydroxylation is 1. The van der Waals surface area contributed by atoms with Crippen molar-refractivity contribution in [1.82, 2.24) is 14.4 Å². The minimum absolute atomic E-state index is 0.0101. The number of carbonyl (C=O) groups is 2. The second-order valence-electron chi connectivity index (χ2n) is 8.66. The Morgan fingerprint density at radius 3 is 2.60 bits per heavy atom. The first-order valence-corrected chi connectivity index (χ1v) is 12.2.